The summed E-state index contributed by atoms with van der Waals surface area (Å²) >= 11 is 0. The Morgan fingerprint density at radius 2 is 1.82 bits per heavy atom. The molecule has 0 saturated heterocycles. The third-order valence-electron chi connectivity index (χ3n) is 5.70. The van der Waals surface area contributed by atoms with Crippen molar-refractivity contribution in [1.82, 2.24) is 25.4 Å². The number of rotatable bonds is 9. The number of nitrogens with zero attached hydrogens (tertiary/aromatic N) is 4. The molecule has 33 heavy (non-hydrogen) atoms. The second kappa shape index (κ2) is 12.0. The third-order valence-corrected chi connectivity index (χ3v) is 5.70. The Balaban J connectivity index is 0.00000306. The zero-order valence-corrected chi connectivity index (χ0v) is 21.9. The van der Waals surface area contributed by atoms with Crippen LogP contribution in [0.3, 0.4) is 0 Å². The van der Waals surface area contributed by atoms with Crippen LogP contribution in [0.25, 0.3) is 0 Å². The monoisotopic (exact) mass is 560 g/mol. The quantitative estimate of drug-likeness (QED) is 0.232. The molecule has 0 aliphatic heterocycles. The Morgan fingerprint density at radius 3 is 2.52 bits per heavy atom. The van der Waals surface area contributed by atoms with E-state index in [9.17, 15) is 0 Å². The summed E-state index contributed by atoms with van der Waals surface area (Å²) < 4.78 is 8.11. The summed E-state index contributed by atoms with van der Waals surface area (Å²) in [6, 6.07) is 16.6. The molecule has 1 heterocycles. The van der Waals surface area contributed by atoms with E-state index in [4.69, 9.17) is 9.73 Å². The molecule has 1 aromatic heterocycles. The van der Waals surface area contributed by atoms with Crippen LogP contribution in [-0.2, 0) is 26.7 Å². The third kappa shape index (κ3) is 7.45. The molecule has 2 aromatic carbocycles. The van der Waals surface area contributed by atoms with E-state index in [2.05, 4.69) is 58.1 Å². The van der Waals surface area contributed by atoms with Crippen molar-refractivity contribution in [2.45, 2.75) is 46.3 Å². The van der Waals surface area contributed by atoms with Gasteiger partial charge in [0.15, 0.2) is 11.8 Å². The molecule has 0 amide bonds. The first-order chi connectivity index (χ1) is 15.6. The maximum absolute atomic E-state index is 6.13. The number of nitrogens with one attached hydrogen (secondary N) is 2. The lowest BCUT2D eigenvalue weighted by atomic mass is 10.1. The van der Waals surface area contributed by atoms with Crippen LogP contribution in [0.4, 0.5) is 0 Å². The van der Waals surface area contributed by atoms with Crippen molar-refractivity contribution in [1.29, 1.82) is 0 Å². The minimum atomic E-state index is 0. The van der Waals surface area contributed by atoms with Gasteiger partial charge in [0, 0.05) is 19.2 Å². The van der Waals surface area contributed by atoms with Gasteiger partial charge in [0.1, 0.15) is 11.6 Å². The second-order valence-corrected chi connectivity index (χ2v) is 8.45. The maximum atomic E-state index is 6.13. The van der Waals surface area contributed by atoms with Crippen LogP contribution in [0.15, 0.2) is 53.5 Å². The normalized spacial score (nSPS) is 13.4. The molecule has 0 spiro atoms. The summed E-state index contributed by atoms with van der Waals surface area (Å²) in [6.07, 6.45) is 2.56. The standard InChI is InChI=1S/C25H32N6O.HI/c1-18-9-12-22(23(13-18)32-17-21-10-11-21)15-27-25(26-14-20-7-5-4-6-8-20)28-16-24-30-29-19(2)31(24)3;/h4-9,12-13,21H,10-11,14-17H2,1-3H3,(H2,26,27,28);1H. The summed E-state index contributed by atoms with van der Waals surface area (Å²) in [5.74, 6) is 4.14. The van der Waals surface area contributed by atoms with Gasteiger partial charge in [-0.15, -0.1) is 34.2 Å². The highest BCUT2D eigenvalue weighted by atomic mass is 127. The van der Waals surface area contributed by atoms with Gasteiger partial charge in [0.2, 0.25) is 0 Å². The van der Waals surface area contributed by atoms with Gasteiger partial charge >= 0.3 is 0 Å². The number of aromatic nitrogens is 3. The Kier molecular flexibility index (Phi) is 9.11. The van der Waals surface area contributed by atoms with E-state index in [1.165, 1.54) is 18.4 Å². The highest BCUT2D eigenvalue weighted by Crippen LogP contribution is 2.30. The van der Waals surface area contributed by atoms with E-state index in [0.717, 1.165) is 47.0 Å². The van der Waals surface area contributed by atoms with Gasteiger partial charge in [-0.1, -0.05) is 42.5 Å². The van der Waals surface area contributed by atoms with Gasteiger partial charge < -0.3 is 19.9 Å². The van der Waals surface area contributed by atoms with Gasteiger partial charge in [-0.05, 0) is 49.8 Å². The number of hydrogen-bond acceptors (Lipinski definition) is 4. The molecular weight excluding hydrogens is 527 g/mol. The number of ether oxygens (including phenoxy) is 1. The maximum Gasteiger partial charge on any atom is 0.192 e. The SMILES string of the molecule is Cc1ccc(CNC(=NCc2ccccc2)NCc2nnc(C)n2C)c(OCC2CC2)c1.I. The average molecular weight is 560 g/mol. The van der Waals surface area contributed by atoms with Crippen molar-refractivity contribution < 1.29 is 4.74 Å². The van der Waals surface area contributed by atoms with Crippen LogP contribution in [-0.4, -0.2) is 27.3 Å². The lowest BCUT2D eigenvalue weighted by molar-refractivity contribution is 0.296. The molecule has 3 aromatic rings. The molecule has 0 bridgehead atoms. The summed E-state index contributed by atoms with van der Waals surface area (Å²) in [7, 11) is 1.97. The van der Waals surface area contributed by atoms with E-state index in [1.54, 1.807) is 0 Å². The van der Waals surface area contributed by atoms with Gasteiger partial charge in [-0.3, -0.25) is 0 Å². The smallest absolute Gasteiger partial charge is 0.192 e. The predicted octanol–water partition coefficient (Wildman–Crippen LogP) is 4.27. The largest absolute Gasteiger partial charge is 0.493 e. The molecule has 1 fully saturated rings. The van der Waals surface area contributed by atoms with Crippen molar-refractivity contribution in [3.8, 4) is 5.75 Å². The Labute approximate surface area is 213 Å². The summed E-state index contributed by atoms with van der Waals surface area (Å²) in [6.45, 7) is 6.59. The van der Waals surface area contributed by atoms with Crippen molar-refractivity contribution in [3.05, 3.63) is 76.9 Å². The highest BCUT2D eigenvalue weighted by Gasteiger charge is 2.22. The van der Waals surface area contributed by atoms with Crippen LogP contribution in [0.5, 0.6) is 5.75 Å². The van der Waals surface area contributed by atoms with Crippen molar-refractivity contribution in [2.75, 3.05) is 6.61 Å². The minimum Gasteiger partial charge on any atom is -0.493 e. The zero-order valence-electron chi connectivity index (χ0n) is 19.5. The van der Waals surface area contributed by atoms with Crippen LogP contribution in [0.2, 0.25) is 0 Å². The molecular formula is C25H33IN6O. The number of guanidine groups is 1. The van der Waals surface area contributed by atoms with Crippen LogP contribution in [0, 0.1) is 19.8 Å². The zero-order chi connectivity index (χ0) is 22.3. The van der Waals surface area contributed by atoms with E-state index in [-0.39, 0.29) is 24.0 Å². The fraction of sp³-hybridized carbons (Fsp3) is 0.400. The Bertz CT molecular complexity index is 1060. The average Bonchev–Trinajstić information content (AvgIpc) is 3.59. The van der Waals surface area contributed by atoms with Crippen molar-refractivity contribution >= 4 is 29.9 Å². The first-order valence-corrected chi connectivity index (χ1v) is 11.2. The van der Waals surface area contributed by atoms with E-state index in [0.29, 0.717) is 19.6 Å². The fourth-order valence-electron chi connectivity index (χ4n) is 3.31. The van der Waals surface area contributed by atoms with Gasteiger partial charge in [0.05, 0.1) is 19.7 Å². The summed E-state index contributed by atoms with van der Waals surface area (Å²) in [5.41, 5.74) is 3.49. The molecule has 0 atom stereocenters. The van der Waals surface area contributed by atoms with Crippen LogP contribution in [0.1, 0.15) is 41.2 Å². The topological polar surface area (TPSA) is 76.4 Å². The first-order valence-electron chi connectivity index (χ1n) is 11.2. The number of aliphatic imine (C=N–C) groups is 1. The van der Waals surface area contributed by atoms with Crippen molar-refractivity contribution in [3.63, 3.8) is 0 Å². The molecule has 1 aliphatic rings. The predicted molar refractivity (Wildman–Crippen MR) is 142 cm³/mol. The van der Waals surface area contributed by atoms with Crippen molar-refractivity contribution in [2.24, 2.45) is 18.0 Å². The van der Waals surface area contributed by atoms with E-state index >= 15 is 0 Å². The summed E-state index contributed by atoms with van der Waals surface area (Å²) in [5, 5.41) is 15.2. The second-order valence-electron chi connectivity index (χ2n) is 8.45. The molecule has 0 unspecified atom stereocenters. The summed E-state index contributed by atoms with van der Waals surface area (Å²) in [4.78, 5) is 4.79. The van der Waals surface area contributed by atoms with Crippen LogP contribution >= 0.6 is 24.0 Å². The van der Waals surface area contributed by atoms with E-state index < -0.39 is 0 Å². The minimum absolute atomic E-state index is 0. The fourth-order valence-corrected chi connectivity index (χ4v) is 3.31. The van der Waals surface area contributed by atoms with Gasteiger partial charge in [-0.2, -0.15) is 0 Å². The van der Waals surface area contributed by atoms with Crippen LogP contribution < -0.4 is 15.4 Å². The van der Waals surface area contributed by atoms with Gasteiger partial charge in [0.25, 0.3) is 0 Å². The molecule has 0 radical (unpaired) electrons. The molecule has 2 N–H and O–H groups in total. The number of benzene rings is 2. The molecule has 4 rings (SSSR count). The Hall–Kier alpha value is -2.62. The molecule has 176 valence electrons. The molecule has 7 nitrogen and oxygen atoms in total. The lowest BCUT2D eigenvalue weighted by Gasteiger charge is -2.16. The Morgan fingerprint density at radius 1 is 1.06 bits per heavy atom. The number of hydrogen-bond donors (Lipinski definition) is 2. The molecule has 1 aliphatic carbocycles. The molecule has 1 saturated carbocycles. The number of aryl methyl sites for hydroxylation is 2. The highest BCUT2D eigenvalue weighted by molar-refractivity contribution is 14.0. The number of halogens is 1. The van der Waals surface area contributed by atoms with Gasteiger partial charge in [-0.25, -0.2) is 4.99 Å². The van der Waals surface area contributed by atoms with E-state index in [1.807, 2.05) is 36.7 Å². The molecule has 8 heteroatoms. The lowest BCUT2D eigenvalue weighted by Crippen LogP contribution is -2.37. The first kappa shape index (κ1) is 25.0.